The molecule has 0 unspecified atom stereocenters. The Morgan fingerprint density at radius 2 is 1.62 bits per heavy atom. The summed E-state index contributed by atoms with van der Waals surface area (Å²) >= 11 is 0. The number of hydrogen-bond acceptors (Lipinski definition) is 8. The van der Waals surface area contributed by atoms with Crippen molar-refractivity contribution in [1.82, 2.24) is 20.2 Å². The van der Waals surface area contributed by atoms with E-state index in [1.807, 2.05) is 64.6 Å². The summed E-state index contributed by atoms with van der Waals surface area (Å²) in [5.74, 6) is -0.134. The Balaban J connectivity index is 1.58. The number of fused-ring (bicyclic) bond motifs is 4. The predicted molar refractivity (Wildman–Crippen MR) is 194 cm³/mol. The monoisotopic (exact) mass is 705 g/mol. The van der Waals surface area contributed by atoms with Crippen LogP contribution in [0.3, 0.4) is 0 Å². The summed E-state index contributed by atoms with van der Waals surface area (Å²) in [6.07, 6.45) is 2.75. The molecule has 11 nitrogen and oxygen atoms in total. The normalized spacial score (nSPS) is 21.1. The number of ether oxygens (including phenoxy) is 2. The van der Waals surface area contributed by atoms with Crippen LogP contribution in [0.4, 0.5) is 10.7 Å². The van der Waals surface area contributed by atoms with E-state index in [0.29, 0.717) is 43.4 Å². The summed E-state index contributed by atoms with van der Waals surface area (Å²) in [5, 5.41) is 3.00. The number of rotatable bonds is 4. The van der Waals surface area contributed by atoms with Crippen LogP contribution in [0, 0.1) is 26.2 Å². The number of carbonyl (C=O) groups is 2. The van der Waals surface area contributed by atoms with Crippen molar-refractivity contribution in [3.8, 4) is 17.1 Å². The molecule has 12 heteroatoms. The Hall–Kier alpha value is -4.19. The lowest BCUT2D eigenvalue weighted by atomic mass is 9.84. The number of sulfonamides is 1. The molecule has 2 heterocycles. The average Bonchev–Trinajstić information content (AvgIpc) is 3.00. The highest BCUT2D eigenvalue weighted by Gasteiger charge is 2.38. The number of alkyl carbamates (subject to hydrolysis) is 1. The Morgan fingerprint density at radius 1 is 0.980 bits per heavy atom. The van der Waals surface area contributed by atoms with Crippen molar-refractivity contribution < 1.29 is 27.5 Å². The topological polar surface area (TPSA) is 140 Å². The third kappa shape index (κ3) is 8.75. The SMILES string of the molecule is Cc1cccc(C)c1-c1nc2nc(c1C)OC[C@@H](CC(C)(C)C)N(C1CCC(NC(=O)OC(C)(C)C)CC1)C(=O)c1cccc(c1)S(=O)(=O)N2. The van der Waals surface area contributed by atoms with Gasteiger partial charge >= 0.3 is 6.09 Å². The number of aromatic nitrogens is 2. The van der Waals surface area contributed by atoms with Gasteiger partial charge in [0.05, 0.1) is 16.6 Å². The van der Waals surface area contributed by atoms with Crippen LogP contribution in [0.15, 0.2) is 47.4 Å². The van der Waals surface area contributed by atoms with Crippen molar-refractivity contribution in [3.05, 3.63) is 64.7 Å². The van der Waals surface area contributed by atoms with E-state index in [2.05, 4.69) is 35.8 Å². The molecule has 2 aromatic carbocycles. The van der Waals surface area contributed by atoms with Gasteiger partial charge in [-0.25, -0.2) is 22.9 Å². The lowest BCUT2D eigenvalue weighted by Gasteiger charge is -2.43. The highest BCUT2D eigenvalue weighted by atomic mass is 32.2. The molecule has 4 bridgehead atoms. The van der Waals surface area contributed by atoms with Crippen molar-refractivity contribution in [1.29, 1.82) is 0 Å². The molecule has 0 spiro atoms. The van der Waals surface area contributed by atoms with Gasteiger partial charge in [0.25, 0.3) is 15.9 Å². The minimum absolute atomic E-state index is 0.0690. The van der Waals surface area contributed by atoms with Crippen LogP contribution >= 0.6 is 0 Å². The summed E-state index contributed by atoms with van der Waals surface area (Å²) in [6.45, 7) is 17.9. The first-order valence-electron chi connectivity index (χ1n) is 17.3. The highest BCUT2D eigenvalue weighted by Crippen LogP contribution is 2.36. The third-order valence-electron chi connectivity index (χ3n) is 9.14. The van der Waals surface area contributed by atoms with E-state index in [9.17, 15) is 18.0 Å². The van der Waals surface area contributed by atoms with E-state index in [4.69, 9.17) is 14.5 Å². The van der Waals surface area contributed by atoms with Crippen LogP contribution in [0.2, 0.25) is 0 Å². The maximum Gasteiger partial charge on any atom is 0.407 e. The predicted octanol–water partition coefficient (Wildman–Crippen LogP) is 7.34. The molecule has 1 aromatic heterocycles. The van der Waals surface area contributed by atoms with Crippen LogP contribution in [-0.2, 0) is 14.8 Å². The van der Waals surface area contributed by atoms with Gasteiger partial charge in [-0.05, 0) is 108 Å². The Labute approximate surface area is 296 Å². The molecule has 2 N–H and O–H groups in total. The summed E-state index contributed by atoms with van der Waals surface area (Å²) in [4.78, 5) is 38.3. The second kappa shape index (κ2) is 14.2. The minimum atomic E-state index is -4.18. The van der Waals surface area contributed by atoms with Gasteiger partial charge in [0, 0.05) is 28.8 Å². The van der Waals surface area contributed by atoms with E-state index < -0.39 is 21.7 Å². The van der Waals surface area contributed by atoms with Gasteiger partial charge in [-0.1, -0.05) is 45.0 Å². The highest BCUT2D eigenvalue weighted by molar-refractivity contribution is 7.92. The Bertz CT molecular complexity index is 1840. The van der Waals surface area contributed by atoms with Crippen LogP contribution in [0.1, 0.15) is 101 Å². The van der Waals surface area contributed by atoms with E-state index in [0.717, 1.165) is 16.7 Å². The first-order chi connectivity index (χ1) is 23.3. The van der Waals surface area contributed by atoms with Gasteiger partial charge in [-0.3, -0.25) is 4.79 Å². The first kappa shape index (κ1) is 37.1. The molecule has 2 aliphatic rings. The van der Waals surface area contributed by atoms with Gasteiger partial charge in [0.15, 0.2) is 0 Å². The molecule has 0 saturated heterocycles. The molecule has 3 aromatic rings. The standard InChI is InChI=1S/C38H51N5O6S/c1-23-12-10-13-24(2)31(23)32-25(3)33-41-35(40-32)42-50(46,47)30-15-11-14-26(20-30)34(44)43(29(22-48-33)21-37(4,5)6)28-18-16-27(17-19-28)39-36(45)49-38(7,8)9/h10-15,20,27-29H,16-19,21-22H2,1-9H3,(H,39,45)(H,40,41,42)/t27?,28?,29-/m1/s1. The third-order valence-corrected chi connectivity index (χ3v) is 10.5. The molecular formula is C38H51N5O6S. The van der Waals surface area contributed by atoms with Crippen molar-refractivity contribution in [2.75, 3.05) is 11.3 Å². The zero-order chi connectivity index (χ0) is 36.6. The largest absolute Gasteiger partial charge is 0.475 e. The number of aryl methyl sites for hydroxylation is 2. The zero-order valence-corrected chi connectivity index (χ0v) is 31.5. The van der Waals surface area contributed by atoms with E-state index >= 15 is 0 Å². The van der Waals surface area contributed by atoms with Gasteiger partial charge in [-0.2, -0.15) is 4.98 Å². The molecule has 2 amide bonds. The number of nitrogens with zero attached hydrogens (tertiary/aromatic N) is 3. The van der Waals surface area contributed by atoms with Gasteiger partial charge in [0.2, 0.25) is 11.8 Å². The fourth-order valence-corrected chi connectivity index (χ4v) is 7.95. The summed E-state index contributed by atoms with van der Waals surface area (Å²) < 4.78 is 42.2. The van der Waals surface area contributed by atoms with Crippen molar-refractivity contribution in [2.45, 2.75) is 123 Å². The molecule has 270 valence electrons. The number of carbonyl (C=O) groups excluding carboxylic acids is 2. The van der Waals surface area contributed by atoms with Gasteiger partial charge in [0.1, 0.15) is 12.2 Å². The summed E-state index contributed by atoms with van der Waals surface area (Å²) in [6, 6.07) is 11.4. The second-order valence-corrected chi connectivity index (χ2v) is 17.5. The number of hydrogen-bond donors (Lipinski definition) is 2. The zero-order valence-electron chi connectivity index (χ0n) is 30.7. The molecule has 1 atom stereocenters. The second-order valence-electron chi connectivity index (χ2n) is 15.8. The van der Waals surface area contributed by atoms with Crippen LogP contribution in [-0.4, -0.2) is 65.6 Å². The van der Waals surface area contributed by atoms with E-state index in [1.54, 1.807) is 12.1 Å². The average molecular weight is 706 g/mol. The number of amides is 2. The van der Waals surface area contributed by atoms with Crippen LogP contribution < -0.4 is 14.8 Å². The minimum Gasteiger partial charge on any atom is -0.475 e. The van der Waals surface area contributed by atoms with E-state index in [1.165, 1.54) is 12.1 Å². The number of nitrogens with one attached hydrogen (secondary N) is 2. The number of anilines is 1. The molecular weight excluding hydrogens is 655 g/mol. The molecule has 50 heavy (non-hydrogen) atoms. The molecule has 0 radical (unpaired) electrons. The first-order valence-corrected chi connectivity index (χ1v) is 18.8. The quantitative estimate of drug-likeness (QED) is 0.287. The molecule has 1 saturated carbocycles. The van der Waals surface area contributed by atoms with Crippen LogP contribution in [0.5, 0.6) is 5.88 Å². The molecule has 1 aliphatic carbocycles. The smallest absolute Gasteiger partial charge is 0.407 e. The van der Waals surface area contributed by atoms with Gasteiger partial charge < -0.3 is 19.7 Å². The van der Waals surface area contributed by atoms with Crippen LogP contribution in [0.25, 0.3) is 11.3 Å². The number of benzene rings is 2. The summed E-state index contributed by atoms with van der Waals surface area (Å²) in [7, 11) is -4.18. The summed E-state index contributed by atoms with van der Waals surface area (Å²) in [5.41, 5.74) is 3.56. The maximum absolute atomic E-state index is 14.6. The maximum atomic E-state index is 14.6. The Kier molecular flexibility index (Phi) is 10.5. The molecule has 5 rings (SSSR count). The van der Waals surface area contributed by atoms with Crippen molar-refractivity contribution in [2.24, 2.45) is 5.41 Å². The molecule has 1 aliphatic heterocycles. The van der Waals surface area contributed by atoms with Gasteiger partial charge in [-0.15, -0.1) is 0 Å². The fraction of sp³-hybridized carbons (Fsp3) is 0.526. The lowest BCUT2D eigenvalue weighted by Crippen LogP contribution is -2.53. The lowest BCUT2D eigenvalue weighted by molar-refractivity contribution is 0.0278. The fourth-order valence-electron chi connectivity index (χ4n) is 6.96. The Morgan fingerprint density at radius 3 is 2.24 bits per heavy atom. The van der Waals surface area contributed by atoms with Crippen molar-refractivity contribution >= 4 is 28.0 Å². The molecule has 1 fully saturated rings. The van der Waals surface area contributed by atoms with E-state index in [-0.39, 0.29) is 58.3 Å². The van der Waals surface area contributed by atoms with Crippen molar-refractivity contribution in [3.63, 3.8) is 0 Å².